The van der Waals surface area contributed by atoms with Gasteiger partial charge in [0.2, 0.25) is 0 Å². The summed E-state index contributed by atoms with van der Waals surface area (Å²) >= 11 is 0. The molecule has 4 aromatic carbocycles. The minimum absolute atomic E-state index is 0.0873. The summed E-state index contributed by atoms with van der Waals surface area (Å²) in [6.07, 6.45) is 4.33. The van der Waals surface area contributed by atoms with Crippen molar-refractivity contribution in [3.63, 3.8) is 0 Å². The minimum atomic E-state index is -0.989. The van der Waals surface area contributed by atoms with Crippen molar-refractivity contribution in [2.75, 3.05) is 27.4 Å². The third-order valence-electron chi connectivity index (χ3n) is 11.1. The van der Waals surface area contributed by atoms with Crippen LogP contribution in [0.1, 0.15) is 85.5 Å². The van der Waals surface area contributed by atoms with Gasteiger partial charge in [-0.05, 0) is 122 Å². The zero-order valence-electron chi connectivity index (χ0n) is 30.2. The van der Waals surface area contributed by atoms with Crippen molar-refractivity contribution >= 4 is 0 Å². The number of hydrogen-bond donors (Lipinski definition) is 4. The van der Waals surface area contributed by atoms with Gasteiger partial charge < -0.3 is 44.1 Å². The van der Waals surface area contributed by atoms with E-state index in [0.717, 1.165) is 59.9 Å². The fourth-order valence-electron chi connectivity index (χ4n) is 8.39. The van der Waals surface area contributed by atoms with Gasteiger partial charge in [-0.2, -0.15) is 0 Å². The van der Waals surface area contributed by atoms with E-state index in [0.29, 0.717) is 60.0 Å². The standard InChI is InChI=1S/C43H50O9/c1-4-25-20-33(26-9-7-10-29(44)18-26)27(21-37(25)45)17-28-19-32(51-30-11-5-6-12-30)23-35-41(46)36(24-50-43(28)35)40-39(13-8-16-48-2)52-38-15-14-31(49-3)22-34(38)42(40)47/h7,9-10,14-15,18-23,30,36,39-42,44-47H,4-6,8,11-13,16-17,24H2,1-3H3. The molecular formula is C43H50O9. The molecular weight excluding hydrogens is 660 g/mol. The highest BCUT2D eigenvalue weighted by molar-refractivity contribution is 5.72. The van der Waals surface area contributed by atoms with Gasteiger partial charge >= 0.3 is 0 Å². The Morgan fingerprint density at radius 3 is 2.38 bits per heavy atom. The molecule has 9 heteroatoms. The molecule has 7 rings (SSSR count). The smallest absolute Gasteiger partial charge is 0.128 e. The predicted octanol–water partition coefficient (Wildman–Crippen LogP) is 7.83. The number of methoxy groups -OCH3 is 2. The SMILES string of the molecule is CCc1cc(-c2cccc(O)c2)c(Cc2cc(OC3CCCC3)cc3c2OCC(C2C(CCCOC)Oc4ccc(OC)cc4C2O)C3O)cc1O. The van der Waals surface area contributed by atoms with E-state index in [1.807, 2.05) is 49.4 Å². The minimum Gasteiger partial charge on any atom is -0.508 e. The van der Waals surface area contributed by atoms with E-state index in [9.17, 15) is 20.4 Å². The average Bonchev–Trinajstić information content (AvgIpc) is 3.66. The summed E-state index contributed by atoms with van der Waals surface area (Å²) in [6, 6.07) is 20.2. The molecule has 2 aliphatic heterocycles. The fraction of sp³-hybridized carbons (Fsp3) is 0.442. The number of aliphatic hydroxyl groups is 2. The number of fused-ring (bicyclic) bond motifs is 2. The zero-order chi connectivity index (χ0) is 36.4. The first-order chi connectivity index (χ1) is 25.3. The fourth-order valence-corrected chi connectivity index (χ4v) is 8.39. The van der Waals surface area contributed by atoms with Gasteiger partial charge in [0, 0.05) is 48.7 Å². The third-order valence-corrected chi connectivity index (χ3v) is 11.1. The summed E-state index contributed by atoms with van der Waals surface area (Å²) in [5.74, 6) is 1.83. The Labute approximate surface area is 305 Å². The maximum atomic E-state index is 12.4. The van der Waals surface area contributed by atoms with Crippen molar-refractivity contribution in [3.8, 4) is 45.6 Å². The van der Waals surface area contributed by atoms with E-state index in [1.165, 1.54) is 0 Å². The summed E-state index contributed by atoms with van der Waals surface area (Å²) in [4.78, 5) is 0. The second-order valence-electron chi connectivity index (χ2n) is 14.4. The lowest BCUT2D eigenvalue weighted by Crippen LogP contribution is -2.46. The Hall–Kier alpha value is -4.44. The Morgan fingerprint density at radius 2 is 1.63 bits per heavy atom. The van der Waals surface area contributed by atoms with Gasteiger partial charge in [-0.25, -0.2) is 0 Å². The van der Waals surface area contributed by atoms with Crippen LogP contribution >= 0.6 is 0 Å². The molecule has 0 saturated heterocycles. The number of hydrogen-bond acceptors (Lipinski definition) is 9. The van der Waals surface area contributed by atoms with E-state index in [2.05, 4.69) is 0 Å². The number of benzene rings is 4. The van der Waals surface area contributed by atoms with Crippen LogP contribution in [0.2, 0.25) is 0 Å². The highest BCUT2D eigenvalue weighted by Crippen LogP contribution is 2.51. The maximum absolute atomic E-state index is 12.4. The number of aliphatic hydroxyl groups excluding tert-OH is 2. The van der Waals surface area contributed by atoms with Crippen LogP contribution in [0, 0.1) is 11.8 Å². The normalized spacial score (nSPS) is 22.6. The molecule has 1 aliphatic carbocycles. The topological polar surface area (TPSA) is 127 Å². The van der Waals surface area contributed by atoms with E-state index in [4.69, 9.17) is 23.7 Å². The van der Waals surface area contributed by atoms with E-state index < -0.39 is 30.1 Å². The van der Waals surface area contributed by atoms with Gasteiger partial charge in [-0.15, -0.1) is 0 Å². The molecule has 0 radical (unpaired) electrons. The first-order valence-electron chi connectivity index (χ1n) is 18.6. The maximum Gasteiger partial charge on any atom is 0.128 e. The van der Waals surface area contributed by atoms with Gasteiger partial charge in [-0.1, -0.05) is 19.1 Å². The monoisotopic (exact) mass is 710 g/mol. The Balaban J connectivity index is 1.29. The molecule has 0 amide bonds. The Morgan fingerprint density at radius 1 is 0.827 bits per heavy atom. The molecule has 5 unspecified atom stereocenters. The van der Waals surface area contributed by atoms with Crippen molar-refractivity contribution in [1.29, 1.82) is 0 Å². The Bertz CT molecular complexity index is 1870. The summed E-state index contributed by atoms with van der Waals surface area (Å²) in [7, 11) is 3.26. The zero-order valence-corrected chi connectivity index (χ0v) is 30.2. The van der Waals surface area contributed by atoms with E-state index in [1.54, 1.807) is 38.5 Å². The van der Waals surface area contributed by atoms with Crippen LogP contribution in [0.4, 0.5) is 0 Å². The molecule has 1 fully saturated rings. The molecule has 1 saturated carbocycles. The second kappa shape index (κ2) is 15.7. The highest BCUT2D eigenvalue weighted by Gasteiger charge is 2.47. The van der Waals surface area contributed by atoms with Crippen LogP contribution in [0.15, 0.2) is 66.7 Å². The molecule has 4 aromatic rings. The predicted molar refractivity (Wildman–Crippen MR) is 198 cm³/mol. The summed E-state index contributed by atoms with van der Waals surface area (Å²) in [5.41, 5.74) is 5.44. The van der Waals surface area contributed by atoms with Crippen LogP contribution in [-0.2, 0) is 17.6 Å². The van der Waals surface area contributed by atoms with Gasteiger partial charge in [-0.3, -0.25) is 0 Å². The van der Waals surface area contributed by atoms with Crippen LogP contribution in [0.25, 0.3) is 11.1 Å². The molecule has 276 valence electrons. The third kappa shape index (κ3) is 7.27. The molecule has 4 N–H and O–H groups in total. The molecule has 0 spiro atoms. The first kappa shape index (κ1) is 35.9. The van der Waals surface area contributed by atoms with Crippen molar-refractivity contribution in [3.05, 3.63) is 94.5 Å². The van der Waals surface area contributed by atoms with Gasteiger partial charge in [0.05, 0.1) is 32.0 Å². The Kier molecular flexibility index (Phi) is 10.8. The molecule has 52 heavy (non-hydrogen) atoms. The molecule has 2 heterocycles. The van der Waals surface area contributed by atoms with Crippen molar-refractivity contribution in [1.82, 2.24) is 0 Å². The van der Waals surface area contributed by atoms with Gasteiger partial charge in [0.15, 0.2) is 0 Å². The average molecular weight is 711 g/mol. The molecule has 0 bridgehead atoms. The lowest BCUT2D eigenvalue weighted by Gasteiger charge is -2.45. The number of aromatic hydroxyl groups is 2. The highest BCUT2D eigenvalue weighted by atomic mass is 16.5. The number of aryl methyl sites for hydroxylation is 1. The summed E-state index contributed by atoms with van der Waals surface area (Å²) in [6.45, 7) is 2.71. The number of phenolic OH excluding ortho intramolecular Hbond substituents is 2. The van der Waals surface area contributed by atoms with Gasteiger partial charge in [0.25, 0.3) is 0 Å². The summed E-state index contributed by atoms with van der Waals surface area (Å²) in [5, 5.41) is 45.8. The van der Waals surface area contributed by atoms with Gasteiger partial charge in [0.1, 0.15) is 40.6 Å². The van der Waals surface area contributed by atoms with Crippen molar-refractivity contribution in [2.24, 2.45) is 11.8 Å². The molecule has 5 atom stereocenters. The lowest BCUT2D eigenvalue weighted by atomic mass is 9.72. The number of ether oxygens (including phenoxy) is 5. The van der Waals surface area contributed by atoms with Crippen LogP contribution < -0.4 is 18.9 Å². The number of rotatable bonds is 12. The van der Waals surface area contributed by atoms with E-state index in [-0.39, 0.29) is 24.2 Å². The molecule has 3 aliphatic rings. The lowest BCUT2D eigenvalue weighted by molar-refractivity contribution is -0.0889. The molecule has 9 nitrogen and oxygen atoms in total. The molecule has 0 aromatic heterocycles. The van der Waals surface area contributed by atoms with Crippen LogP contribution in [-0.4, -0.2) is 60.1 Å². The largest absolute Gasteiger partial charge is 0.508 e. The van der Waals surface area contributed by atoms with Crippen LogP contribution in [0.3, 0.4) is 0 Å². The van der Waals surface area contributed by atoms with Crippen LogP contribution in [0.5, 0.6) is 34.5 Å². The quantitative estimate of drug-likeness (QED) is 0.109. The van der Waals surface area contributed by atoms with E-state index >= 15 is 0 Å². The summed E-state index contributed by atoms with van der Waals surface area (Å²) < 4.78 is 30.6. The number of phenols is 2. The van der Waals surface area contributed by atoms with Crippen molar-refractivity contribution in [2.45, 2.75) is 82.7 Å². The first-order valence-corrected chi connectivity index (χ1v) is 18.6. The second-order valence-corrected chi connectivity index (χ2v) is 14.4. The van der Waals surface area contributed by atoms with Crippen molar-refractivity contribution < 1.29 is 44.1 Å².